The first-order valence-electron chi connectivity index (χ1n) is 7.79. The van der Waals surface area contributed by atoms with Gasteiger partial charge in [-0.2, -0.15) is 0 Å². The Morgan fingerprint density at radius 2 is 1.73 bits per heavy atom. The summed E-state index contributed by atoms with van der Waals surface area (Å²) in [6, 6.07) is 11.6. The Bertz CT molecular complexity index is 816. The van der Waals surface area contributed by atoms with Crippen LogP contribution < -0.4 is 4.74 Å². The predicted octanol–water partition coefficient (Wildman–Crippen LogP) is 3.50. The summed E-state index contributed by atoms with van der Waals surface area (Å²) in [7, 11) is 2.15. The van der Waals surface area contributed by atoms with Gasteiger partial charge in [0.2, 0.25) is 0 Å². The van der Waals surface area contributed by atoms with E-state index in [1.54, 1.807) is 12.1 Å². The van der Waals surface area contributed by atoms with Crippen molar-refractivity contribution in [3.05, 3.63) is 36.4 Å². The highest BCUT2D eigenvalue weighted by molar-refractivity contribution is 6.07. The number of aromatic nitrogens is 1. The average molecular weight is 296 g/mol. The standard InChI is InChI=1S/C18H20N2O2/c1-20-8-6-13(7-9-20)22-14-3-5-16-15-4-2-12(21)10-17(15)19-18(16)11-14/h2-5,10-11,13,19,21H,6-9H2,1H3. The second-order valence-corrected chi connectivity index (χ2v) is 6.18. The lowest BCUT2D eigenvalue weighted by molar-refractivity contribution is 0.114. The number of nitrogens with one attached hydrogen (secondary N) is 1. The molecule has 0 unspecified atom stereocenters. The van der Waals surface area contributed by atoms with Gasteiger partial charge in [-0.3, -0.25) is 0 Å². The molecular formula is C18H20N2O2. The number of hydrogen-bond acceptors (Lipinski definition) is 3. The van der Waals surface area contributed by atoms with E-state index in [9.17, 15) is 5.11 Å². The van der Waals surface area contributed by atoms with Gasteiger partial charge in [-0.15, -0.1) is 0 Å². The molecule has 114 valence electrons. The van der Waals surface area contributed by atoms with Crippen LogP contribution in [0.25, 0.3) is 21.8 Å². The van der Waals surface area contributed by atoms with Crippen molar-refractivity contribution >= 4 is 21.8 Å². The van der Waals surface area contributed by atoms with Crippen LogP contribution in [0.15, 0.2) is 36.4 Å². The van der Waals surface area contributed by atoms with E-state index in [1.165, 1.54) is 0 Å². The largest absolute Gasteiger partial charge is 0.508 e. The summed E-state index contributed by atoms with van der Waals surface area (Å²) in [5, 5.41) is 11.9. The molecule has 0 aliphatic carbocycles. The zero-order valence-electron chi connectivity index (χ0n) is 12.7. The molecule has 2 aromatic carbocycles. The zero-order valence-corrected chi connectivity index (χ0v) is 12.7. The Balaban J connectivity index is 1.64. The molecule has 0 atom stereocenters. The number of likely N-dealkylation sites (tertiary alicyclic amines) is 1. The maximum Gasteiger partial charge on any atom is 0.121 e. The lowest BCUT2D eigenvalue weighted by Gasteiger charge is -2.29. The summed E-state index contributed by atoms with van der Waals surface area (Å²) < 4.78 is 6.14. The number of nitrogens with zero attached hydrogens (tertiary/aromatic N) is 1. The van der Waals surface area contributed by atoms with Crippen molar-refractivity contribution < 1.29 is 9.84 Å². The number of fused-ring (bicyclic) bond motifs is 3. The molecule has 0 radical (unpaired) electrons. The normalized spacial score (nSPS) is 17.3. The van der Waals surface area contributed by atoms with Gasteiger partial charge in [-0.05, 0) is 44.2 Å². The molecule has 1 fully saturated rings. The number of rotatable bonds is 2. The van der Waals surface area contributed by atoms with E-state index in [0.717, 1.165) is 53.5 Å². The first-order chi connectivity index (χ1) is 10.7. The van der Waals surface area contributed by atoms with Crippen LogP contribution in [-0.2, 0) is 0 Å². The second-order valence-electron chi connectivity index (χ2n) is 6.18. The van der Waals surface area contributed by atoms with Gasteiger partial charge in [0.25, 0.3) is 0 Å². The van der Waals surface area contributed by atoms with Crippen molar-refractivity contribution in [1.82, 2.24) is 9.88 Å². The van der Waals surface area contributed by atoms with Crippen molar-refractivity contribution in [3.8, 4) is 11.5 Å². The number of benzene rings is 2. The first-order valence-corrected chi connectivity index (χ1v) is 7.79. The fourth-order valence-corrected chi connectivity index (χ4v) is 3.25. The quantitative estimate of drug-likeness (QED) is 0.761. The van der Waals surface area contributed by atoms with E-state index in [4.69, 9.17) is 4.74 Å². The molecular weight excluding hydrogens is 276 g/mol. The highest BCUT2D eigenvalue weighted by Gasteiger charge is 2.18. The molecule has 0 bridgehead atoms. The van der Waals surface area contributed by atoms with Crippen LogP contribution in [0, 0.1) is 0 Å². The first kappa shape index (κ1) is 13.5. The monoisotopic (exact) mass is 296 g/mol. The van der Waals surface area contributed by atoms with E-state index in [-0.39, 0.29) is 5.75 Å². The van der Waals surface area contributed by atoms with Crippen molar-refractivity contribution in [2.24, 2.45) is 0 Å². The summed E-state index contributed by atoms with van der Waals surface area (Å²) in [5.41, 5.74) is 2.00. The van der Waals surface area contributed by atoms with E-state index >= 15 is 0 Å². The Labute approximate surface area is 129 Å². The molecule has 4 nitrogen and oxygen atoms in total. The van der Waals surface area contributed by atoms with E-state index in [2.05, 4.69) is 29.1 Å². The zero-order chi connectivity index (χ0) is 15.1. The minimum absolute atomic E-state index is 0.279. The van der Waals surface area contributed by atoms with Crippen LogP contribution in [-0.4, -0.2) is 41.2 Å². The molecule has 1 saturated heterocycles. The summed E-state index contributed by atoms with van der Waals surface area (Å²) in [6.07, 6.45) is 2.46. The predicted molar refractivity (Wildman–Crippen MR) is 88.6 cm³/mol. The van der Waals surface area contributed by atoms with Gasteiger partial charge < -0.3 is 19.7 Å². The Morgan fingerprint density at radius 1 is 1.05 bits per heavy atom. The minimum atomic E-state index is 0.279. The molecule has 0 spiro atoms. The summed E-state index contributed by atoms with van der Waals surface area (Å²) >= 11 is 0. The number of ether oxygens (including phenoxy) is 1. The lowest BCUT2D eigenvalue weighted by Crippen LogP contribution is -2.35. The van der Waals surface area contributed by atoms with Crippen LogP contribution in [0.4, 0.5) is 0 Å². The Kier molecular flexibility index (Phi) is 3.19. The van der Waals surface area contributed by atoms with Crippen molar-refractivity contribution in [2.75, 3.05) is 20.1 Å². The third kappa shape index (κ3) is 2.40. The summed E-state index contributed by atoms with van der Waals surface area (Å²) in [6.45, 7) is 2.19. The molecule has 4 rings (SSSR count). The number of phenols is 1. The van der Waals surface area contributed by atoms with Gasteiger partial charge >= 0.3 is 0 Å². The molecule has 22 heavy (non-hydrogen) atoms. The molecule has 1 aliphatic rings. The maximum atomic E-state index is 9.60. The van der Waals surface area contributed by atoms with Crippen molar-refractivity contribution in [3.63, 3.8) is 0 Å². The van der Waals surface area contributed by atoms with Crippen LogP contribution >= 0.6 is 0 Å². The average Bonchev–Trinajstić information content (AvgIpc) is 2.86. The second kappa shape index (κ2) is 5.21. The molecule has 2 N–H and O–H groups in total. The molecule has 0 saturated carbocycles. The fourth-order valence-electron chi connectivity index (χ4n) is 3.25. The molecule has 1 aromatic heterocycles. The van der Waals surface area contributed by atoms with E-state index in [0.29, 0.717) is 6.10 Å². The molecule has 2 heterocycles. The fraction of sp³-hybridized carbons (Fsp3) is 0.333. The Morgan fingerprint density at radius 3 is 2.50 bits per heavy atom. The number of piperidine rings is 1. The van der Waals surface area contributed by atoms with Gasteiger partial charge in [0.15, 0.2) is 0 Å². The Hall–Kier alpha value is -2.20. The van der Waals surface area contributed by atoms with E-state index < -0.39 is 0 Å². The van der Waals surface area contributed by atoms with Gasteiger partial charge in [0.05, 0.1) is 11.0 Å². The van der Waals surface area contributed by atoms with Crippen molar-refractivity contribution in [1.29, 1.82) is 0 Å². The van der Waals surface area contributed by atoms with Gasteiger partial charge in [0.1, 0.15) is 17.6 Å². The highest BCUT2D eigenvalue weighted by Crippen LogP contribution is 2.31. The molecule has 0 amide bonds. The summed E-state index contributed by atoms with van der Waals surface area (Å²) in [5.74, 6) is 1.19. The van der Waals surface area contributed by atoms with Gasteiger partial charge in [-0.25, -0.2) is 0 Å². The van der Waals surface area contributed by atoms with Crippen LogP contribution in [0.2, 0.25) is 0 Å². The van der Waals surface area contributed by atoms with Gasteiger partial charge in [-0.1, -0.05) is 0 Å². The maximum absolute atomic E-state index is 9.60. The topological polar surface area (TPSA) is 48.5 Å². The SMILES string of the molecule is CN1CCC(Oc2ccc3c(c2)[nH]c2cc(O)ccc23)CC1. The van der Waals surface area contributed by atoms with E-state index in [1.807, 2.05) is 12.1 Å². The number of aromatic hydroxyl groups is 1. The highest BCUT2D eigenvalue weighted by atomic mass is 16.5. The smallest absolute Gasteiger partial charge is 0.121 e. The lowest BCUT2D eigenvalue weighted by atomic mass is 10.1. The van der Waals surface area contributed by atoms with Crippen LogP contribution in [0.5, 0.6) is 11.5 Å². The molecule has 4 heteroatoms. The van der Waals surface area contributed by atoms with Gasteiger partial charge in [0, 0.05) is 36.0 Å². The third-order valence-electron chi connectivity index (χ3n) is 4.52. The third-order valence-corrected chi connectivity index (χ3v) is 4.52. The number of hydrogen-bond donors (Lipinski definition) is 2. The number of phenolic OH excluding ortho intramolecular Hbond substituents is 1. The minimum Gasteiger partial charge on any atom is -0.508 e. The molecule has 3 aromatic rings. The molecule has 1 aliphatic heterocycles. The number of aromatic amines is 1. The summed E-state index contributed by atoms with van der Waals surface area (Å²) in [4.78, 5) is 5.70. The van der Waals surface area contributed by atoms with Crippen LogP contribution in [0.3, 0.4) is 0 Å². The van der Waals surface area contributed by atoms with Crippen molar-refractivity contribution in [2.45, 2.75) is 18.9 Å². The van der Waals surface area contributed by atoms with Crippen LogP contribution in [0.1, 0.15) is 12.8 Å². The number of H-pyrrole nitrogens is 1.